The van der Waals surface area contributed by atoms with Crippen molar-refractivity contribution in [2.24, 2.45) is 11.8 Å². The van der Waals surface area contributed by atoms with Gasteiger partial charge in [-0.3, -0.25) is 19.3 Å². The van der Waals surface area contributed by atoms with Crippen LogP contribution in [-0.2, 0) is 19.2 Å². The number of β-lactam (4-membered cyclic amide) rings is 1. The molecule has 0 saturated carbocycles. The molecular weight excluding hydrogens is 496 g/mol. The maximum atomic E-state index is 13.4. The van der Waals surface area contributed by atoms with E-state index < -0.39 is 42.3 Å². The van der Waals surface area contributed by atoms with Crippen LogP contribution in [0.15, 0.2) is 10.6 Å². The highest BCUT2D eigenvalue weighted by molar-refractivity contribution is 8.03. The molecule has 0 aromatic carbocycles. The summed E-state index contributed by atoms with van der Waals surface area (Å²) < 4.78 is 26.8. The van der Waals surface area contributed by atoms with Gasteiger partial charge in [-0.15, -0.1) is 11.8 Å². The minimum Gasteiger partial charge on any atom is -0.477 e. The van der Waals surface area contributed by atoms with Crippen LogP contribution >= 0.6 is 11.8 Å². The van der Waals surface area contributed by atoms with Crippen LogP contribution in [0.1, 0.15) is 26.7 Å². The van der Waals surface area contributed by atoms with Crippen LogP contribution < -0.4 is 10.6 Å². The SMILES string of the molecule is C[C@@H](NC(=O)CN1CCC(F)(F)C1)[C@H]1C(=O)N2C(C(=O)O)=C(S[C@@H]3CN[C@H](C(=O)N(C)C)C3)[C@H](C)[C@H]12. The average Bonchev–Trinajstić information content (AvgIpc) is 3.43. The number of likely N-dealkylation sites (N-methyl/N-ethyl adjacent to an activating group) is 1. The second kappa shape index (κ2) is 9.90. The van der Waals surface area contributed by atoms with Crippen molar-refractivity contribution in [3.63, 3.8) is 0 Å². The fraction of sp³-hybridized carbons (Fsp3) is 0.739. The first-order valence-electron chi connectivity index (χ1n) is 12.1. The number of halogens is 2. The molecule has 0 aliphatic carbocycles. The van der Waals surface area contributed by atoms with Gasteiger partial charge in [0.15, 0.2) is 0 Å². The molecule has 200 valence electrons. The molecule has 3 N–H and O–H groups in total. The summed E-state index contributed by atoms with van der Waals surface area (Å²) in [6, 6.07) is -1.32. The summed E-state index contributed by atoms with van der Waals surface area (Å²) in [5.74, 6) is -5.69. The molecule has 4 heterocycles. The second-order valence-electron chi connectivity index (χ2n) is 10.4. The smallest absolute Gasteiger partial charge is 0.353 e. The van der Waals surface area contributed by atoms with Crippen LogP contribution in [0.5, 0.6) is 0 Å². The summed E-state index contributed by atoms with van der Waals surface area (Å²) in [4.78, 5) is 54.8. The zero-order valence-corrected chi connectivity index (χ0v) is 21.6. The van der Waals surface area contributed by atoms with Gasteiger partial charge in [0.2, 0.25) is 17.7 Å². The number of carboxylic acid groups (broad SMARTS) is 1. The second-order valence-corrected chi connectivity index (χ2v) is 11.7. The summed E-state index contributed by atoms with van der Waals surface area (Å²) in [7, 11) is 3.37. The van der Waals surface area contributed by atoms with E-state index in [4.69, 9.17) is 0 Å². The first-order chi connectivity index (χ1) is 16.8. The molecular formula is C23H33F2N5O5S. The zero-order chi connectivity index (χ0) is 26.5. The minimum atomic E-state index is -2.79. The van der Waals surface area contributed by atoms with Crippen molar-refractivity contribution < 1.29 is 33.1 Å². The van der Waals surface area contributed by atoms with Gasteiger partial charge in [0.1, 0.15) is 5.70 Å². The number of amides is 3. The lowest BCUT2D eigenvalue weighted by Gasteiger charge is -2.47. The molecule has 4 aliphatic heterocycles. The molecule has 0 spiro atoms. The maximum Gasteiger partial charge on any atom is 0.353 e. The van der Waals surface area contributed by atoms with Gasteiger partial charge < -0.3 is 25.5 Å². The number of fused-ring (bicyclic) bond motifs is 1. The number of aliphatic carboxylic acids is 1. The van der Waals surface area contributed by atoms with Crippen LogP contribution in [0.3, 0.4) is 0 Å². The van der Waals surface area contributed by atoms with E-state index in [2.05, 4.69) is 10.6 Å². The number of alkyl halides is 2. The van der Waals surface area contributed by atoms with Gasteiger partial charge in [0.25, 0.3) is 5.92 Å². The number of hydrogen-bond acceptors (Lipinski definition) is 7. The molecule has 4 rings (SSSR count). The third kappa shape index (κ3) is 4.97. The van der Waals surface area contributed by atoms with Crippen LogP contribution in [0.25, 0.3) is 0 Å². The van der Waals surface area contributed by atoms with Gasteiger partial charge in [-0.05, 0) is 13.3 Å². The number of carboxylic acids is 1. The lowest BCUT2D eigenvalue weighted by Crippen LogP contribution is -2.66. The largest absolute Gasteiger partial charge is 0.477 e. The number of thioether (sulfide) groups is 1. The Morgan fingerprint density at radius 2 is 2.03 bits per heavy atom. The summed E-state index contributed by atoms with van der Waals surface area (Å²) in [6.45, 7) is 3.60. The van der Waals surface area contributed by atoms with E-state index in [1.807, 2.05) is 6.92 Å². The van der Waals surface area contributed by atoms with Crippen molar-refractivity contribution in [2.75, 3.05) is 40.3 Å². The van der Waals surface area contributed by atoms with E-state index in [-0.39, 0.29) is 54.2 Å². The van der Waals surface area contributed by atoms with Crippen LogP contribution in [0.2, 0.25) is 0 Å². The van der Waals surface area contributed by atoms with Gasteiger partial charge in [-0.25, -0.2) is 13.6 Å². The Hall–Kier alpha value is -2.25. The standard InChI is InChI=1S/C23H33F2N5O5S/c1-11-17-16(12(2)27-15(31)9-29-6-5-23(24,25)10-29)21(33)30(17)18(22(34)35)19(11)36-13-7-14(26-8-13)20(32)28(3)4/h11-14,16-17,26H,5-10H2,1-4H3,(H,27,31)(H,34,35)/t11-,12-,13+,14+,16-,17-/m1/s1. The summed E-state index contributed by atoms with van der Waals surface area (Å²) >= 11 is 1.40. The fourth-order valence-electron chi connectivity index (χ4n) is 5.70. The molecule has 13 heteroatoms. The lowest BCUT2D eigenvalue weighted by molar-refractivity contribution is -0.158. The van der Waals surface area contributed by atoms with Crippen molar-refractivity contribution in [1.29, 1.82) is 0 Å². The number of hydrogen-bond donors (Lipinski definition) is 3. The molecule has 10 nitrogen and oxygen atoms in total. The van der Waals surface area contributed by atoms with Crippen LogP contribution in [0, 0.1) is 11.8 Å². The number of nitrogens with zero attached hydrogens (tertiary/aromatic N) is 3. The first-order valence-corrected chi connectivity index (χ1v) is 13.0. The van der Waals surface area contributed by atoms with Gasteiger partial charge in [0, 0.05) is 55.7 Å². The third-order valence-electron chi connectivity index (χ3n) is 7.46. The maximum absolute atomic E-state index is 13.4. The van der Waals surface area contributed by atoms with Gasteiger partial charge in [0.05, 0.1) is 31.1 Å². The van der Waals surface area contributed by atoms with Crippen LogP contribution in [-0.4, -0.2) is 113 Å². The molecule has 3 amide bonds. The number of nitrogens with one attached hydrogen (secondary N) is 2. The van der Waals surface area contributed by atoms with E-state index in [1.54, 1.807) is 21.0 Å². The van der Waals surface area contributed by atoms with Crippen molar-refractivity contribution in [3.8, 4) is 0 Å². The number of carbonyl (C=O) groups is 4. The number of rotatable bonds is 8. The van der Waals surface area contributed by atoms with Crippen molar-refractivity contribution in [3.05, 3.63) is 10.6 Å². The molecule has 0 unspecified atom stereocenters. The highest BCUT2D eigenvalue weighted by Gasteiger charge is 2.60. The molecule has 0 aromatic heterocycles. The molecule has 0 radical (unpaired) electrons. The van der Waals surface area contributed by atoms with Crippen molar-refractivity contribution in [2.45, 2.75) is 56.0 Å². The number of carbonyl (C=O) groups excluding carboxylic acids is 3. The first kappa shape index (κ1) is 26.8. The minimum absolute atomic E-state index is 0.0198. The third-order valence-corrected chi connectivity index (χ3v) is 8.97. The molecule has 36 heavy (non-hydrogen) atoms. The molecule has 0 aromatic rings. The molecule has 3 fully saturated rings. The van der Waals surface area contributed by atoms with Crippen molar-refractivity contribution >= 4 is 35.5 Å². The van der Waals surface area contributed by atoms with E-state index in [0.29, 0.717) is 17.9 Å². The lowest BCUT2D eigenvalue weighted by atomic mass is 9.78. The highest BCUT2D eigenvalue weighted by atomic mass is 32.2. The predicted octanol–water partition coefficient (Wildman–Crippen LogP) is 0.157. The van der Waals surface area contributed by atoms with Crippen LogP contribution in [0.4, 0.5) is 8.78 Å². The van der Waals surface area contributed by atoms with E-state index >= 15 is 0 Å². The topological polar surface area (TPSA) is 122 Å². The zero-order valence-electron chi connectivity index (χ0n) is 20.8. The van der Waals surface area contributed by atoms with Gasteiger partial charge in [-0.1, -0.05) is 6.92 Å². The van der Waals surface area contributed by atoms with Gasteiger partial charge >= 0.3 is 5.97 Å². The molecule has 4 aliphatic rings. The summed E-state index contributed by atoms with van der Waals surface area (Å²) in [6.07, 6.45) is 0.269. The van der Waals surface area contributed by atoms with Crippen molar-refractivity contribution in [1.82, 2.24) is 25.3 Å². The number of likely N-dealkylation sites (tertiary alicyclic amines) is 1. The fourth-order valence-corrected chi connectivity index (χ4v) is 7.18. The Balaban J connectivity index is 1.40. The Kier molecular flexibility index (Phi) is 7.37. The highest BCUT2D eigenvalue weighted by Crippen LogP contribution is 2.51. The van der Waals surface area contributed by atoms with E-state index in [1.165, 1.54) is 26.5 Å². The predicted molar refractivity (Wildman–Crippen MR) is 128 cm³/mol. The summed E-state index contributed by atoms with van der Waals surface area (Å²) in [5, 5.41) is 15.9. The quantitative estimate of drug-likeness (QED) is 0.380. The molecule has 6 atom stereocenters. The Morgan fingerprint density at radius 3 is 2.61 bits per heavy atom. The summed E-state index contributed by atoms with van der Waals surface area (Å²) in [5.41, 5.74) is -0.0287. The normalized spacial score (nSPS) is 32.3. The molecule has 0 bridgehead atoms. The molecule has 3 saturated heterocycles. The van der Waals surface area contributed by atoms with Gasteiger partial charge in [-0.2, -0.15) is 0 Å². The Morgan fingerprint density at radius 1 is 1.33 bits per heavy atom. The average molecular weight is 530 g/mol. The van der Waals surface area contributed by atoms with E-state index in [0.717, 1.165) is 0 Å². The Bertz CT molecular complexity index is 992. The van der Waals surface area contributed by atoms with E-state index in [9.17, 15) is 33.1 Å². The Labute approximate surface area is 212 Å². The monoisotopic (exact) mass is 529 g/mol.